The van der Waals surface area contributed by atoms with Crippen molar-refractivity contribution in [2.75, 3.05) is 0 Å². The Hall–Kier alpha value is -1.09. The Morgan fingerprint density at radius 3 is 2.87 bits per heavy atom. The van der Waals surface area contributed by atoms with Gasteiger partial charge in [-0.1, -0.05) is 22.0 Å². The maximum absolute atomic E-state index is 5.04. The second kappa shape index (κ2) is 4.62. The molecule has 0 radical (unpaired) electrons. The van der Waals surface area contributed by atoms with E-state index in [9.17, 15) is 0 Å². The molecule has 1 unspecified atom stereocenters. The SMILES string of the molecule is Cc1ccc(CC(Br)c2ccoc2)nc1. The summed E-state index contributed by atoms with van der Waals surface area (Å²) in [6.45, 7) is 2.04. The van der Waals surface area contributed by atoms with Crippen LogP contribution in [-0.2, 0) is 6.42 Å². The van der Waals surface area contributed by atoms with Gasteiger partial charge in [-0.3, -0.25) is 4.98 Å². The summed E-state index contributed by atoms with van der Waals surface area (Å²) in [7, 11) is 0. The van der Waals surface area contributed by atoms with Gasteiger partial charge in [-0.25, -0.2) is 0 Å². The summed E-state index contributed by atoms with van der Waals surface area (Å²) in [5.74, 6) is 0. The predicted octanol–water partition coefficient (Wildman–Crippen LogP) is 3.66. The minimum atomic E-state index is 0.270. The maximum atomic E-state index is 5.04. The zero-order valence-electron chi connectivity index (χ0n) is 8.48. The van der Waals surface area contributed by atoms with Gasteiger partial charge >= 0.3 is 0 Å². The van der Waals surface area contributed by atoms with Crippen molar-refractivity contribution in [3.8, 4) is 0 Å². The molecule has 15 heavy (non-hydrogen) atoms. The van der Waals surface area contributed by atoms with Crippen molar-refractivity contribution in [2.45, 2.75) is 18.2 Å². The summed E-state index contributed by atoms with van der Waals surface area (Å²) < 4.78 is 5.04. The molecule has 0 aliphatic heterocycles. The van der Waals surface area contributed by atoms with Crippen molar-refractivity contribution in [1.82, 2.24) is 4.98 Å². The van der Waals surface area contributed by atoms with Crippen molar-refractivity contribution in [3.63, 3.8) is 0 Å². The lowest BCUT2D eigenvalue weighted by molar-refractivity contribution is 0.563. The number of alkyl halides is 1. The average Bonchev–Trinajstić information content (AvgIpc) is 2.74. The number of rotatable bonds is 3. The third kappa shape index (κ3) is 2.69. The third-order valence-electron chi connectivity index (χ3n) is 2.27. The molecule has 0 amide bonds. The molecular weight excluding hydrogens is 254 g/mol. The Morgan fingerprint density at radius 1 is 1.40 bits per heavy atom. The monoisotopic (exact) mass is 265 g/mol. The van der Waals surface area contributed by atoms with Crippen LogP contribution in [0, 0.1) is 6.92 Å². The number of nitrogens with zero attached hydrogens (tertiary/aromatic N) is 1. The number of pyridine rings is 1. The minimum absolute atomic E-state index is 0.270. The Bertz CT molecular complexity index is 408. The van der Waals surface area contributed by atoms with Gasteiger partial charge in [0.1, 0.15) is 0 Å². The summed E-state index contributed by atoms with van der Waals surface area (Å²) >= 11 is 3.62. The molecule has 2 nitrogen and oxygen atoms in total. The number of hydrogen-bond donors (Lipinski definition) is 0. The molecule has 2 rings (SSSR count). The van der Waals surface area contributed by atoms with E-state index in [1.165, 1.54) is 5.56 Å². The van der Waals surface area contributed by atoms with Crippen molar-refractivity contribution in [2.24, 2.45) is 0 Å². The van der Waals surface area contributed by atoms with Gasteiger partial charge in [-0.15, -0.1) is 0 Å². The Morgan fingerprint density at radius 2 is 2.27 bits per heavy atom. The van der Waals surface area contributed by atoms with Gasteiger partial charge < -0.3 is 4.42 Å². The summed E-state index contributed by atoms with van der Waals surface area (Å²) in [4.78, 5) is 4.64. The summed E-state index contributed by atoms with van der Waals surface area (Å²) in [6, 6.07) is 6.11. The van der Waals surface area contributed by atoms with E-state index >= 15 is 0 Å². The van der Waals surface area contributed by atoms with Crippen LogP contribution in [0.3, 0.4) is 0 Å². The lowest BCUT2D eigenvalue weighted by Gasteiger charge is -2.06. The van der Waals surface area contributed by atoms with Crippen LogP contribution in [0.5, 0.6) is 0 Å². The molecule has 0 bridgehead atoms. The third-order valence-corrected chi connectivity index (χ3v) is 3.12. The normalized spacial score (nSPS) is 12.7. The average molecular weight is 266 g/mol. The van der Waals surface area contributed by atoms with Crippen LogP contribution < -0.4 is 0 Å². The minimum Gasteiger partial charge on any atom is -0.472 e. The second-order valence-corrected chi connectivity index (χ2v) is 4.66. The number of aromatic nitrogens is 1. The lowest BCUT2D eigenvalue weighted by Crippen LogP contribution is -1.96. The van der Waals surface area contributed by atoms with Crippen LogP contribution in [0.1, 0.15) is 21.6 Å². The molecule has 78 valence electrons. The molecule has 0 aliphatic carbocycles. The molecule has 2 aromatic heterocycles. The summed E-state index contributed by atoms with van der Waals surface area (Å²) in [5.41, 5.74) is 3.43. The fraction of sp³-hybridized carbons (Fsp3) is 0.250. The highest BCUT2D eigenvalue weighted by atomic mass is 79.9. The van der Waals surface area contributed by atoms with Crippen LogP contribution in [-0.4, -0.2) is 4.98 Å². The van der Waals surface area contributed by atoms with Crippen LogP contribution >= 0.6 is 15.9 Å². The van der Waals surface area contributed by atoms with Gasteiger partial charge in [0.05, 0.1) is 12.5 Å². The Balaban J connectivity index is 2.06. The molecule has 0 saturated carbocycles. The van der Waals surface area contributed by atoms with E-state index in [1.54, 1.807) is 12.5 Å². The standard InChI is InChI=1S/C12H12BrNO/c1-9-2-3-11(14-7-9)6-12(13)10-4-5-15-8-10/h2-5,7-8,12H,6H2,1H3. The molecule has 0 N–H and O–H groups in total. The number of halogens is 1. The first-order valence-corrected chi connectivity index (χ1v) is 5.75. The van der Waals surface area contributed by atoms with Gasteiger partial charge in [0.2, 0.25) is 0 Å². The van der Waals surface area contributed by atoms with Crippen molar-refractivity contribution in [1.29, 1.82) is 0 Å². The maximum Gasteiger partial charge on any atom is 0.0946 e. The van der Waals surface area contributed by atoms with Gasteiger partial charge in [0.15, 0.2) is 0 Å². The van der Waals surface area contributed by atoms with E-state index in [-0.39, 0.29) is 4.83 Å². The first-order chi connectivity index (χ1) is 7.25. The molecule has 1 atom stereocenters. The summed E-state index contributed by atoms with van der Waals surface area (Å²) in [6.07, 6.45) is 6.21. The first kappa shape index (κ1) is 10.4. The zero-order valence-corrected chi connectivity index (χ0v) is 10.1. The molecule has 0 spiro atoms. The highest BCUT2D eigenvalue weighted by Gasteiger charge is 2.09. The molecule has 2 aromatic rings. The van der Waals surface area contributed by atoms with E-state index < -0.39 is 0 Å². The second-order valence-electron chi connectivity index (χ2n) is 3.56. The van der Waals surface area contributed by atoms with E-state index in [2.05, 4.69) is 33.0 Å². The van der Waals surface area contributed by atoms with E-state index in [1.807, 2.05) is 19.2 Å². The number of hydrogen-bond acceptors (Lipinski definition) is 2. The van der Waals surface area contributed by atoms with Gasteiger partial charge in [-0.05, 0) is 24.6 Å². The molecule has 0 aliphatic rings. The van der Waals surface area contributed by atoms with E-state index in [0.717, 1.165) is 17.7 Å². The van der Waals surface area contributed by atoms with Crippen molar-refractivity contribution in [3.05, 3.63) is 53.7 Å². The first-order valence-electron chi connectivity index (χ1n) is 4.83. The fourth-order valence-corrected chi connectivity index (χ4v) is 1.97. The number of aryl methyl sites for hydroxylation is 1. The van der Waals surface area contributed by atoms with Crippen LogP contribution in [0.4, 0.5) is 0 Å². The van der Waals surface area contributed by atoms with Crippen LogP contribution in [0.15, 0.2) is 41.3 Å². The largest absolute Gasteiger partial charge is 0.472 e. The van der Waals surface area contributed by atoms with Crippen LogP contribution in [0.25, 0.3) is 0 Å². The molecular formula is C12H12BrNO. The van der Waals surface area contributed by atoms with Gasteiger partial charge in [-0.2, -0.15) is 0 Å². The van der Waals surface area contributed by atoms with Crippen molar-refractivity contribution >= 4 is 15.9 Å². The van der Waals surface area contributed by atoms with Gasteiger partial charge in [0, 0.05) is 28.7 Å². The van der Waals surface area contributed by atoms with E-state index in [0.29, 0.717) is 0 Å². The Kier molecular flexibility index (Phi) is 3.21. The molecule has 0 saturated heterocycles. The quantitative estimate of drug-likeness (QED) is 0.792. The van der Waals surface area contributed by atoms with E-state index in [4.69, 9.17) is 4.42 Å². The molecule has 2 heterocycles. The topological polar surface area (TPSA) is 26.0 Å². The van der Waals surface area contributed by atoms with Crippen molar-refractivity contribution < 1.29 is 4.42 Å². The predicted molar refractivity (Wildman–Crippen MR) is 63.1 cm³/mol. The summed E-state index contributed by atoms with van der Waals surface area (Å²) in [5, 5.41) is 0. The fourth-order valence-electron chi connectivity index (χ4n) is 1.37. The number of furan rings is 1. The Labute approximate surface area is 97.5 Å². The van der Waals surface area contributed by atoms with Gasteiger partial charge in [0.25, 0.3) is 0 Å². The van der Waals surface area contributed by atoms with Crippen LogP contribution in [0.2, 0.25) is 0 Å². The highest BCUT2D eigenvalue weighted by molar-refractivity contribution is 9.09. The molecule has 0 fully saturated rings. The smallest absolute Gasteiger partial charge is 0.0946 e. The lowest BCUT2D eigenvalue weighted by atomic mass is 10.1. The molecule has 3 heteroatoms. The molecule has 0 aromatic carbocycles. The zero-order chi connectivity index (χ0) is 10.7. The highest BCUT2D eigenvalue weighted by Crippen LogP contribution is 2.26.